The molecule has 1 N–H and O–H groups in total. The molecule has 0 spiro atoms. The van der Waals surface area contributed by atoms with E-state index in [2.05, 4.69) is 20.8 Å². The number of hydrogen-bond donors (Lipinski definition) is 1. The lowest BCUT2D eigenvalue weighted by atomic mass is 10.2. The number of aryl methyl sites for hydroxylation is 2. The fourth-order valence-electron chi connectivity index (χ4n) is 3.26. The first-order valence-electron chi connectivity index (χ1n) is 10.2. The normalized spacial score (nSPS) is 11.3. The van der Waals surface area contributed by atoms with E-state index in [1.807, 2.05) is 19.1 Å². The molecule has 0 radical (unpaired) electrons. The summed E-state index contributed by atoms with van der Waals surface area (Å²) < 4.78 is 42.9. The van der Waals surface area contributed by atoms with Crippen LogP contribution < -0.4 is 9.62 Å². The van der Waals surface area contributed by atoms with E-state index >= 15 is 0 Å². The van der Waals surface area contributed by atoms with Crippen molar-refractivity contribution in [2.24, 2.45) is 0 Å². The van der Waals surface area contributed by atoms with Gasteiger partial charge >= 0.3 is 0 Å². The summed E-state index contributed by atoms with van der Waals surface area (Å²) in [4.78, 5) is 12.8. The number of hydrogen-bond acceptors (Lipinski definition) is 6. The summed E-state index contributed by atoms with van der Waals surface area (Å²) >= 11 is 0. The lowest BCUT2D eigenvalue weighted by Gasteiger charge is -2.20. The smallest absolute Gasteiger partial charge is 0.264 e. The van der Waals surface area contributed by atoms with Gasteiger partial charge in [0.2, 0.25) is 0 Å². The second kappa shape index (κ2) is 9.02. The fraction of sp³-hybridized carbons (Fsp3) is 0.130. The molecule has 0 aliphatic carbocycles. The molecule has 9 nitrogen and oxygen atoms in total. The number of carbonyl (C=O) groups excluding carboxylic acids is 1. The molecule has 0 saturated heterocycles. The molecule has 11 heteroatoms. The van der Waals surface area contributed by atoms with Gasteiger partial charge < -0.3 is 5.32 Å². The van der Waals surface area contributed by atoms with E-state index in [9.17, 15) is 17.6 Å². The summed E-state index contributed by atoms with van der Waals surface area (Å²) in [6, 6.07) is 16.7. The van der Waals surface area contributed by atoms with Crippen LogP contribution >= 0.6 is 0 Å². The Bertz CT molecular complexity index is 1470. The average Bonchev–Trinajstić information content (AvgIpc) is 3.26. The van der Waals surface area contributed by atoms with Gasteiger partial charge in [-0.1, -0.05) is 23.8 Å². The maximum atomic E-state index is 14.3. The number of tetrazole rings is 1. The molecule has 4 aromatic rings. The molecule has 0 unspecified atom stereocenters. The second-order valence-corrected chi connectivity index (χ2v) is 9.56. The third-order valence-electron chi connectivity index (χ3n) is 5.21. The molecule has 0 aliphatic heterocycles. The minimum Gasteiger partial charge on any atom is -0.322 e. The van der Waals surface area contributed by atoms with Crippen LogP contribution in [0.1, 0.15) is 21.7 Å². The van der Waals surface area contributed by atoms with Crippen molar-refractivity contribution in [2.45, 2.75) is 18.7 Å². The molecule has 1 aromatic heterocycles. The minimum absolute atomic E-state index is 0.0349. The summed E-state index contributed by atoms with van der Waals surface area (Å²) in [6.45, 7) is 3.53. The zero-order valence-electron chi connectivity index (χ0n) is 18.6. The number of carbonyl (C=O) groups is 1. The van der Waals surface area contributed by atoms with E-state index in [1.54, 1.807) is 19.1 Å². The standard InChI is InChI=1S/C23H21FN6O3S/c1-15-7-10-19(11-8-15)29(3)34(32,33)20-6-4-5-17(13-20)23(31)25-18-9-12-21(24)22(14-18)30-16(2)26-27-28-30/h4-14H,1-3H3,(H,25,31). The number of aromatic nitrogens is 4. The van der Waals surface area contributed by atoms with Gasteiger partial charge in [-0.2, -0.15) is 4.68 Å². The van der Waals surface area contributed by atoms with E-state index in [-0.39, 0.29) is 16.1 Å². The predicted molar refractivity (Wildman–Crippen MR) is 125 cm³/mol. The summed E-state index contributed by atoms with van der Waals surface area (Å²) in [5, 5.41) is 13.6. The fourth-order valence-corrected chi connectivity index (χ4v) is 4.50. The molecule has 1 heterocycles. The SMILES string of the molecule is Cc1ccc(N(C)S(=O)(=O)c2cccc(C(=O)Nc3ccc(F)c(-n4nnnc4C)c3)c2)cc1. The quantitative estimate of drug-likeness (QED) is 0.452. The molecule has 0 bridgehead atoms. The zero-order valence-corrected chi connectivity index (χ0v) is 19.4. The summed E-state index contributed by atoms with van der Waals surface area (Å²) in [7, 11) is -2.45. The second-order valence-electron chi connectivity index (χ2n) is 7.59. The van der Waals surface area contributed by atoms with Gasteiger partial charge in [0.25, 0.3) is 15.9 Å². The van der Waals surface area contributed by atoms with Gasteiger partial charge in [-0.15, -0.1) is 5.10 Å². The van der Waals surface area contributed by atoms with Gasteiger partial charge in [0.15, 0.2) is 5.82 Å². The summed E-state index contributed by atoms with van der Waals surface area (Å²) in [6.07, 6.45) is 0. The van der Waals surface area contributed by atoms with Gasteiger partial charge in [0, 0.05) is 18.3 Å². The Hall–Kier alpha value is -4.12. The number of nitrogens with zero attached hydrogens (tertiary/aromatic N) is 5. The van der Waals surface area contributed by atoms with Crippen molar-refractivity contribution < 1.29 is 17.6 Å². The molecule has 0 saturated carbocycles. The van der Waals surface area contributed by atoms with Gasteiger partial charge in [-0.3, -0.25) is 9.10 Å². The highest BCUT2D eigenvalue weighted by molar-refractivity contribution is 7.92. The largest absolute Gasteiger partial charge is 0.322 e. The zero-order chi connectivity index (χ0) is 24.5. The van der Waals surface area contributed by atoms with Crippen molar-refractivity contribution in [3.05, 3.63) is 89.5 Å². The van der Waals surface area contributed by atoms with Crippen molar-refractivity contribution in [1.29, 1.82) is 0 Å². The van der Waals surface area contributed by atoms with Crippen molar-refractivity contribution in [2.75, 3.05) is 16.7 Å². The topological polar surface area (TPSA) is 110 Å². The Balaban J connectivity index is 1.59. The number of benzene rings is 3. The van der Waals surface area contributed by atoms with Crippen LogP contribution in [0, 0.1) is 19.7 Å². The first kappa shape index (κ1) is 23.1. The molecular weight excluding hydrogens is 459 g/mol. The van der Waals surface area contributed by atoms with E-state index in [4.69, 9.17) is 0 Å². The first-order valence-corrected chi connectivity index (χ1v) is 11.6. The van der Waals surface area contributed by atoms with Crippen molar-refractivity contribution >= 4 is 27.3 Å². The number of nitrogens with one attached hydrogen (secondary N) is 1. The average molecular weight is 481 g/mol. The molecule has 0 aliphatic rings. The van der Waals surface area contributed by atoms with Crippen LogP contribution in [0.3, 0.4) is 0 Å². The van der Waals surface area contributed by atoms with E-state index in [0.717, 1.165) is 9.87 Å². The Morgan fingerprint density at radius 2 is 1.76 bits per heavy atom. The molecule has 4 rings (SSSR count). The Labute approximate surface area is 195 Å². The molecule has 3 aromatic carbocycles. The van der Waals surface area contributed by atoms with E-state index < -0.39 is 21.7 Å². The van der Waals surface area contributed by atoms with Gasteiger partial charge in [-0.25, -0.2) is 12.8 Å². The Morgan fingerprint density at radius 1 is 1.03 bits per heavy atom. The first-order chi connectivity index (χ1) is 16.2. The van der Waals surface area contributed by atoms with Crippen LogP contribution in [0.4, 0.5) is 15.8 Å². The molecule has 34 heavy (non-hydrogen) atoms. The molecular formula is C23H21FN6O3S. The van der Waals surface area contributed by atoms with Gasteiger partial charge in [0.05, 0.1) is 10.6 Å². The molecule has 1 amide bonds. The lowest BCUT2D eigenvalue weighted by Crippen LogP contribution is -2.26. The summed E-state index contributed by atoms with van der Waals surface area (Å²) in [5.41, 5.74) is 1.99. The van der Waals surface area contributed by atoms with Crippen LogP contribution in [0.2, 0.25) is 0 Å². The highest BCUT2D eigenvalue weighted by atomic mass is 32.2. The van der Waals surface area contributed by atoms with E-state index in [0.29, 0.717) is 17.2 Å². The Kier molecular flexibility index (Phi) is 6.12. The minimum atomic E-state index is -3.90. The Morgan fingerprint density at radius 3 is 2.44 bits per heavy atom. The predicted octanol–water partition coefficient (Wildman–Crippen LogP) is 3.50. The van der Waals surface area contributed by atoms with Crippen LogP contribution in [0.25, 0.3) is 5.69 Å². The number of halogens is 1. The highest BCUT2D eigenvalue weighted by Gasteiger charge is 2.22. The number of anilines is 2. The van der Waals surface area contributed by atoms with Crippen molar-refractivity contribution in [3.63, 3.8) is 0 Å². The van der Waals surface area contributed by atoms with Crippen LogP contribution in [-0.4, -0.2) is 41.6 Å². The lowest BCUT2D eigenvalue weighted by molar-refractivity contribution is 0.102. The number of sulfonamides is 1. The monoisotopic (exact) mass is 480 g/mol. The van der Waals surface area contributed by atoms with Crippen LogP contribution in [-0.2, 0) is 10.0 Å². The third-order valence-corrected chi connectivity index (χ3v) is 6.99. The van der Waals surface area contributed by atoms with Crippen LogP contribution in [0.5, 0.6) is 0 Å². The maximum absolute atomic E-state index is 14.3. The van der Waals surface area contributed by atoms with E-state index in [1.165, 1.54) is 54.2 Å². The van der Waals surface area contributed by atoms with Gasteiger partial charge in [0.1, 0.15) is 11.5 Å². The van der Waals surface area contributed by atoms with Crippen molar-refractivity contribution in [1.82, 2.24) is 20.2 Å². The number of rotatable bonds is 6. The highest BCUT2D eigenvalue weighted by Crippen LogP contribution is 2.24. The van der Waals surface area contributed by atoms with Crippen LogP contribution in [0.15, 0.2) is 71.6 Å². The van der Waals surface area contributed by atoms with Crippen molar-refractivity contribution in [3.8, 4) is 5.69 Å². The molecule has 0 atom stereocenters. The number of amides is 1. The molecule has 174 valence electrons. The van der Waals surface area contributed by atoms with Gasteiger partial charge in [-0.05, 0) is 72.8 Å². The maximum Gasteiger partial charge on any atom is 0.264 e. The molecule has 0 fully saturated rings. The summed E-state index contributed by atoms with van der Waals surface area (Å²) in [5.74, 6) is -0.750. The third kappa shape index (κ3) is 4.50.